The van der Waals surface area contributed by atoms with Crippen LogP contribution in [0.15, 0.2) is 71.5 Å². The van der Waals surface area contributed by atoms with E-state index in [1.165, 1.54) is 0 Å². The van der Waals surface area contributed by atoms with Gasteiger partial charge in [-0.05, 0) is 42.3 Å². The molecule has 0 amide bonds. The number of aryl methyl sites for hydroxylation is 1. The van der Waals surface area contributed by atoms with Gasteiger partial charge >= 0.3 is 12.4 Å². The molecule has 11 heteroatoms. The van der Waals surface area contributed by atoms with Crippen molar-refractivity contribution in [3.05, 3.63) is 105 Å². The Labute approximate surface area is 205 Å². The van der Waals surface area contributed by atoms with Crippen LogP contribution in [0.4, 0.5) is 26.3 Å². The molecule has 188 valence electrons. The molecule has 0 unspecified atom stereocenters. The van der Waals surface area contributed by atoms with Gasteiger partial charge in [0.25, 0.3) is 11.2 Å². The molecule has 0 aliphatic heterocycles. The number of hydrogen-bond donors (Lipinski definition) is 1. The van der Waals surface area contributed by atoms with Gasteiger partial charge in [-0.1, -0.05) is 54.1 Å². The summed E-state index contributed by atoms with van der Waals surface area (Å²) in [4.78, 5) is 18.1. The van der Waals surface area contributed by atoms with Crippen LogP contribution in [-0.4, -0.2) is 27.0 Å². The SMILES string of the molecule is Cc1c(Cl)ccc2nc(Cc3ccccc3)n(-c3ccc(C(O)(C(F)(F)F)C(F)(F)F)cc3)c(=O)c12. The maximum absolute atomic E-state index is 13.6. The van der Waals surface area contributed by atoms with E-state index in [9.17, 15) is 36.2 Å². The van der Waals surface area contributed by atoms with Crippen molar-refractivity contribution in [2.24, 2.45) is 0 Å². The predicted octanol–water partition coefficient (Wildman–Crippen LogP) is 6.25. The summed E-state index contributed by atoms with van der Waals surface area (Å²) in [5, 5.41) is 10.1. The normalized spacial score (nSPS) is 12.8. The van der Waals surface area contributed by atoms with Crippen LogP contribution in [0.5, 0.6) is 0 Å². The molecule has 36 heavy (non-hydrogen) atoms. The fourth-order valence-electron chi connectivity index (χ4n) is 3.96. The molecule has 3 aromatic carbocycles. The minimum atomic E-state index is -6.03. The Kier molecular flexibility index (Phi) is 6.38. The molecule has 0 bridgehead atoms. The second kappa shape index (κ2) is 8.94. The van der Waals surface area contributed by atoms with Crippen LogP contribution in [0.1, 0.15) is 22.5 Å². The maximum atomic E-state index is 13.6. The monoisotopic (exact) mass is 526 g/mol. The number of aliphatic hydroxyl groups is 1. The van der Waals surface area contributed by atoms with Crippen molar-refractivity contribution < 1.29 is 31.4 Å². The summed E-state index contributed by atoms with van der Waals surface area (Å²) in [6.45, 7) is 1.60. The van der Waals surface area contributed by atoms with Crippen molar-refractivity contribution >= 4 is 22.5 Å². The Bertz CT molecular complexity index is 1470. The van der Waals surface area contributed by atoms with E-state index in [1.807, 2.05) is 0 Å². The number of hydrogen-bond acceptors (Lipinski definition) is 3. The molecule has 0 aliphatic rings. The smallest absolute Gasteiger partial charge is 0.369 e. The molecule has 0 fully saturated rings. The van der Waals surface area contributed by atoms with Crippen molar-refractivity contribution in [3.63, 3.8) is 0 Å². The minimum Gasteiger partial charge on any atom is -0.369 e. The summed E-state index contributed by atoms with van der Waals surface area (Å²) >= 11 is 6.17. The van der Waals surface area contributed by atoms with Gasteiger partial charge in [0.15, 0.2) is 0 Å². The van der Waals surface area contributed by atoms with E-state index < -0.39 is 29.1 Å². The summed E-state index contributed by atoms with van der Waals surface area (Å²) in [6, 6.07) is 14.8. The number of halogens is 7. The van der Waals surface area contributed by atoms with E-state index in [2.05, 4.69) is 4.98 Å². The van der Waals surface area contributed by atoms with Crippen molar-refractivity contribution in [2.75, 3.05) is 0 Å². The van der Waals surface area contributed by atoms with Gasteiger partial charge in [0, 0.05) is 17.0 Å². The number of aromatic nitrogens is 2. The molecule has 0 aliphatic carbocycles. The third-order valence-electron chi connectivity index (χ3n) is 5.87. The zero-order chi connectivity index (χ0) is 26.5. The Balaban J connectivity index is 1.95. The van der Waals surface area contributed by atoms with Crippen LogP contribution in [0.25, 0.3) is 16.6 Å². The highest BCUT2D eigenvalue weighted by Crippen LogP contribution is 2.50. The minimum absolute atomic E-state index is 0.0323. The number of benzene rings is 3. The van der Waals surface area contributed by atoms with Gasteiger partial charge in [-0.2, -0.15) is 26.3 Å². The van der Waals surface area contributed by atoms with Crippen LogP contribution >= 0.6 is 11.6 Å². The molecule has 4 nitrogen and oxygen atoms in total. The lowest BCUT2D eigenvalue weighted by Crippen LogP contribution is -2.53. The number of alkyl halides is 6. The first-order chi connectivity index (χ1) is 16.8. The summed E-state index contributed by atoms with van der Waals surface area (Å²) in [7, 11) is 0. The Morgan fingerprint density at radius 3 is 2.03 bits per heavy atom. The summed E-state index contributed by atoms with van der Waals surface area (Å²) < 4.78 is 80.8. The van der Waals surface area contributed by atoms with Crippen LogP contribution in [0.2, 0.25) is 5.02 Å². The lowest BCUT2D eigenvalue weighted by atomic mass is 9.92. The summed E-state index contributed by atoms with van der Waals surface area (Å²) in [5.41, 5.74) is -5.62. The molecule has 0 saturated carbocycles. The molecule has 4 rings (SSSR count). The second-order valence-electron chi connectivity index (χ2n) is 8.15. The highest BCUT2D eigenvalue weighted by atomic mass is 35.5. The number of fused-ring (bicyclic) bond motifs is 1. The summed E-state index contributed by atoms with van der Waals surface area (Å²) in [5.74, 6) is 0.204. The van der Waals surface area contributed by atoms with Gasteiger partial charge in [0.05, 0.1) is 16.6 Å². The molecule has 0 atom stereocenters. The Hall–Kier alpha value is -3.37. The number of nitrogens with zero attached hydrogens (tertiary/aromatic N) is 2. The van der Waals surface area contributed by atoms with E-state index in [0.29, 0.717) is 28.2 Å². The van der Waals surface area contributed by atoms with E-state index in [0.717, 1.165) is 22.3 Å². The van der Waals surface area contributed by atoms with Gasteiger partial charge in [-0.3, -0.25) is 9.36 Å². The lowest BCUT2D eigenvalue weighted by molar-refractivity contribution is -0.376. The van der Waals surface area contributed by atoms with Crippen molar-refractivity contribution in [1.29, 1.82) is 0 Å². The first-order valence-electron chi connectivity index (χ1n) is 10.5. The predicted molar refractivity (Wildman–Crippen MR) is 122 cm³/mol. The maximum Gasteiger partial charge on any atom is 0.430 e. The van der Waals surface area contributed by atoms with Gasteiger partial charge < -0.3 is 5.11 Å². The van der Waals surface area contributed by atoms with Crippen molar-refractivity contribution in [2.45, 2.75) is 31.3 Å². The first-order valence-corrected chi connectivity index (χ1v) is 10.8. The quantitative estimate of drug-likeness (QED) is 0.320. The van der Waals surface area contributed by atoms with Crippen LogP contribution in [-0.2, 0) is 12.0 Å². The lowest BCUT2D eigenvalue weighted by Gasteiger charge is -2.32. The molecule has 1 N–H and O–H groups in total. The summed E-state index contributed by atoms with van der Waals surface area (Å²) in [6.07, 6.45) is -11.9. The van der Waals surface area contributed by atoms with Gasteiger partial charge in [0.2, 0.25) is 0 Å². The van der Waals surface area contributed by atoms with E-state index in [4.69, 9.17) is 11.6 Å². The highest BCUT2D eigenvalue weighted by Gasteiger charge is 2.71. The molecule has 0 saturated heterocycles. The van der Waals surface area contributed by atoms with Crippen LogP contribution in [0.3, 0.4) is 0 Å². The van der Waals surface area contributed by atoms with Gasteiger partial charge in [-0.25, -0.2) is 4.98 Å². The Morgan fingerprint density at radius 2 is 1.47 bits per heavy atom. The average molecular weight is 527 g/mol. The first kappa shape index (κ1) is 25.7. The molecule has 0 radical (unpaired) electrons. The van der Waals surface area contributed by atoms with E-state index in [-0.39, 0.29) is 23.3 Å². The second-order valence-corrected chi connectivity index (χ2v) is 8.56. The molecular weight excluding hydrogens is 510 g/mol. The number of rotatable bonds is 4. The fourth-order valence-corrected chi connectivity index (χ4v) is 4.11. The topological polar surface area (TPSA) is 55.1 Å². The van der Waals surface area contributed by atoms with Crippen molar-refractivity contribution in [1.82, 2.24) is 9.55 Å². The van der Waals surface area contributed by atoms with Crippen molar-refractivity contribution in [3.8, 4) is 5.69 Å². The molecular formula is C25H17ClF6N2O2. The van der Waals surface area contributed by atoms with Gasteiger partial charge in [0.1, 0.15) is 5.82 Å². The third-order valence-corrected chi connectivity index (χ3v) is 6.28. The Morgan fingerprint density at radius 1 is 0.889 bits per heavy atom. The van der Waals surface area contributed by atoms with E-state index >= 15 is 0 Å². The van der Waals surface area contributed by atoms with Crippen LogP contribution < -0.4 is 5.56 Å². The molecule has 4 aromatic rings. The zero-order valence-electron chi connectivity index (χ0n) is 18.5. The zero-order valence-corrected chi connectivity index (χ0v) is 19.2. The molecule has 0 spiro atoms. The van der Waals surface area contributed by atoms with Crippen LogP contribution in [0, 0.1) is 6.92 Å². The average Bonchev–Trinajstić information content (AvgIpc) is 2.80. The standard InChI is InChI=1S/C25H17ClF6N2O2/c1-14-18(26)11-12-19-21(14)22(35)34(20(33-19)13-15-5-3-2-4-6-15)17-9-7-16(8-10-17)23(36,24(27,28)29)25(30,31)32/h2-12,36H,13H2,1H3. The highest BCUT2D eigenvalue weighted by molar-refractivity contribution is 6.32. The van der Waals surface area contributed by atoms with Gasteiger partial charge in [-0.15, -0.1) is 0 Å². The largest absolute Gasteiger partial charge is 0.430 e. The van der Waals surface area contributed by atoms with E-state index in [1.54, 1.807) is 49.4 Å². The third kappa shape index (κ3) is 4.24. The molecule has 1 heterocycles. The fraction of sp³-hybridized carbons (Fsp3) is 0.200. The molecule has 1 aromatic heterocycles.